The molecule has 3 atom stereocenters. The standard InChI is InChI=1S/C29H49NO4Si/c1-21(2)30(22(3)4)29(32)34-27(23(5)20-35(6,7)8)26(31)28(25-17-13-10-14-18-25)33-19-24-15-11-9-12-16-24/h9,11-12,15-16,21-22,25-28,31H,5,10,13-14,17-20H2,1-4,6-8H3/t26-,27-,28-/m1/s1. The van der Waals surface area contributed by atoms with Gasteiger partial charge in [0.2, 0.25) is 0 Å². The molecule has 1 amide bonds. The van der Waals surface area contributed by atoms with E-state index in [9.17, 15) is 9.90 Å². The first-order valence-electron chi connectivity index (χ1n) is 13.4. The number of carbonyl (C=O) groups excluding carboxylic acids is 1. The number of rotatable bonds is 12. The molecule has 1 aliphatic rings. The number of nitrogens with zero attached hydrogens (tertiary/aromatic N) is 1. The third-order valence-electron chi connectivity index (χ3n) is 6.76. The molecule has 1 aliphatic carbocycles. The first kappa shape index (κ1) is 29.6. The summed E-state index contributed by atoms with van der Waals surface area (Å²) in [6, 6.07) is 10.8. The van der Waals surface area contributed by atoms with Crippen molar-refractivity contribution in [1.82, 2.24) is 4.90 Å². The van der Waals surface area contributed by atoms with Crippen molar-refractivity contribution in [2.75, 3.05) is 0 Å². The Morgan fingerprint density at radius 2 is 1.63 bits per heavy atom. The van der Waals surface area contributed by atoms with Gasteiger partial charge in [0, 0.05) is 20.2 Å². The summed E-state index contributed by atoms with van der Waals surface area (Å²) in [6.07, 6.45) is 2.95. The van der Waals surface area contributed by atoms with E-state index in [1.54, 1.807) is 4.90 Å². The number of hydrogen-bond donors (Lipinski definition) is 1. The average Bonchev–Trinajstić information content (AvgIpc) is 2.77. The maximum Gasteiger partial charge on any atom is 0.410 e. The molecular weight excluding hydrogens is 454 g/mol. The highest BCUT2D eigenvalue weighted by Crippen LogP contribution is 2.34. The Bertz CT molecular complexity index is 776. The lowest BCUT2D eigenvalue weighted by molar-refractivity contribution is -0.119. The monoisotopic (exact) mass is 503 g/mol. The van der Waals surface area contributed by atoms with Crippen molar-refractivity contribution in [3.63, 3.8) is 0 Å². The van der Waals surface area contributed by atoms with Crippen LogP contribution in [-0.4, -0.2) is 54.6 Å². The summed E-state index contributed by atoms with van der Waals surface area (Å²) in [6.45, 7) is 19.5. The van der Waals surface area contributed by atoms with Crippen LogP contribution in [0, 0.1) is 5.92 Å². The van der Waals surface area contributed by atoms with Crippen LogP contribution < -0.4 is 0 Å². The zero-order chi connectivity index (χ0) is 26.2. The van der Waals surface area contributed by atoms with Gasteiger partial charge in [-0.05, 0) is 63.6 Å². The van der Waals surface area contributed by atoms with E-state index >= 15 is 0 Å². The summed E-state index contributed by atoms with van der Waals surface area (Å²) in [7, 11) is -1.55. The van der Waals surface area contributed by atoms with Crippen LogP contribution >= 0.6 is 0 Å². The normalized spacial score (nSPS) is 17.8. The minimum absolute atomic E-state index is 0.00554. The van der Waals surface area contributed by atoms with Crippen molar-refractivity contribution >= 4 is 14.2 Å². The fourth-order valence-corrected chi connectivity index (χ4v) is 6.84. The van der Waals surface area contributed by atoms with E-state index < -0.39 is 32.5 Å². The average molecular weight is 504 g/mol. The third-order valence-corrected chi connectivity index (χ3v) is 8.27. The Morgan fingerprint density at radius 1 is 1.06 bits per heavy atom. The third kappa shape index (κ3) is 9.39. The van der Waals surface area contributed by atoms with E-state index in [2.05, 4.69) is 26.2 Å². The van der Waals surface area contributed by atoms with Gasteiger partial charge < -0.3 is 19.5 Å². The van der Waals surface area contributed by atoms with Gasteiger partial charge in [-0.3, -0.25) is 0 Å². The van der Waals surface area contributed by atoms with E-state index in [1.807, 2.05) is 58.0 Å². The van der Waals surface area contributed by atoms with Gasteiger partial charge in [-0.1, -0.05) is 75.8 Å². The molecule has 0 heterocycles. The second-order valence-electron chi connectivity index (χ2n) is 11.9. The second-order valence-corrected chi connectivity index (χ2v) is 17.4. The van der Waals surface area contributed by atoms with Crippen LogP contribution in [0.4, 0.5) is 4.79 Å². The van der Waals surface area contributed by atoms with Gasteiger partial charge in [0.05, 0.1) is 12.7 Å². The highest BCUT2D eigenvalue weighted by atomic mass is 28.3. The Hall–Kier alpha value is -1.63. The van der Waals surface area contributed by atoms with Gasteiger partial charge in [0.1, 0.15) is 6.10 Å². The highest BCUT2D eigenvalue weighted by molar-refractivity contribution is 6.76. The van der Waals surface area contributed by atoms with Crippen LogP contribution in [-0.2, 0) is 16.1 Å². The van der Waals surface area contributed by atoms with Crippen LogP contribution in [0.25, 0.3) is 0 Å². The zero-order valence-corrected chi connectivity index (χ0v) is 24.1. The largest absolute Gasteiger partial charge is 0.439 e. The molecule has 0 unspecified atom stereocenters. The predicted molar refractivity (Wildman–Crippen MR) is 147 cm³/mol. The van der Waals surface area contributed by atoms with E-state index in [0.29, 0.717) is 6.61 Å². The van der Waals surface area contributed by atoms with Gasteiger partial charge in [-0.2, -0.15) is 0 Å². The highest BCUT2D eigenvalue weighted by Gasteiger charge is 2.40. The molecule has 0 aromatic heterocycles. The number of amides is 1. The quantitative estimate of drug-likeness (QED) is 0.246. The van der Waals surface area contributed by atoms with Crippen LogP contribution in [0.3, 0.4) is 0 Å². The lowest BCUT2D eigenvalue weighted by Gasteiger charge is -2.39. The molecule has 1 fully saturated rings. The maximum atomic E-state index is 13.3. The molecule has 1 aromatic carbocycles. The van der Waals surface area contributed by atoms with Crippen molar-refractivity contribution < 1.29 is 19.4 Å². The molecule has 6 heteroatoms. The maximum absolute atomic E-state index is 13.3. The molecule has 0 radical (unpaired) electrons. The number of aliphatic hydroxyl groups excluding tert-OH is 1. The van der Waals surface area contributed by atoms with E-state index in [1.165, 1.54) is 6.42 Å². The number of benzene rings is 1. The molecule has 5 nitrogen and oxygen atoms in total. The van der Waals surface area contributed by atoms with Crippen molar-refractivity contribution in [2.45, 2.75) is 122 Å². The fourth-order valence-electron chi connectivity index (χ4n) is 5.28. The molecule has 198 valence electrons. The molecule has 2 rings (SSSR count). The number of carbonyl (C=O) groups is 1. The van der Waals surface area contributed by atoms with Crippen LogP contribution in [0.2, 0.25) is 25.7 Å². The summed E-state index contributed by atoms with van der Waals surface area (Å²) in [5.74, 6) is 0.231. The first-order chi connectivity index (χ1) is 16.4. The summed E-state index contributed by atoms with van der Waals surface area (Å²) < 4.78 is 12.6. The minimum Gasteiger partial charge on any atom is -0.439 e. The van der Waals surface area contributed by atoms with Gasteiger partial charge in [0.25, 0.3) is 0 Å². The first-order valence-corrected chi connectivity index (χ1v) is 17.1. The fraction of sp³-hybridized carbons (Fsp3) is 0.690. The Balaban J connectivity index is 2.33. The van der Waals surface area contributed by atoms with E-state index in [4.69, 9.17) is 9.47 Å². The SMILES string of the molecule is C=C(C[Si](C)(C)C)[C@@H](OC(=O)N(C(C)C)C(C)C)[C@@H](O)[C@H](OCc1ccccc1)C1CCCCC1. The van der Waals surface area contributed by atoms with Gasteiger partial charge >= 0.3 is 6.09 Å². The van der Waals surface area contributed by atoms with Crippen LogP contribution in [0.5, 0.6) is 0 Å². The van der Waals surface area contributed by atoms with Gasteiger partial charge in [-0.15, -0.1) is 0 Å². The van der Waals surface area contributed by atoms with Crippen molar-refractivity contribution in [3.05, 3.63) is 48.0 Å². The van der Waals surface area contributed by atoms with Gasteiger partial charge in [0.15, 0.2) is 6.10 Å². The zero-order valence-electron chi connectivity index (χ0n) is 23.1. The summed E-state index contributed by atoms with van der Waals surface area (Å²) in [5, 5.41) is 11.8. The Kier molecular flexibility index (Phi) is 11.5. The number of aliphatic hydroxyl groups is 1. The van der Waals surface area contributed by atoms with Crippen LogP contribution in [0.1, 0.15) is 65.4 Å². The summed E-state index contributed by atoms with van der Waals surface area (Å²) >= 11 is 0. The molecule has 0 saturated heterocycles. The molecule has 0 bridgehead atoms. The summed E-state index contributed by atoms with van der Waals surface area (Å²) in [5.41, 5.74) is 1.86. The lowest BCUT2D eigenvalue weighted by atomic mass is 9.81. The molecule has 1 saturated carbocycles. The predicted octanol–water partition coefficient (Wildman–Crippen LogP) is 7.03. The number of ether oxygens (including phenoxy) is 2. The summed E-state index contributed by atoms with van der Waals surface area (Å²) in [4.78, 5) is 15.0. The molecule has 1 N–H and O–H groups in total. The van der Waals surface area contributed by atoms with Crippen molar-refractivity contribution in [2.24, 2.45) is 5.92 Å². The molecule has 1 aromatic rings. The molecule has 0 spiro atoms. The van der Waals surface area contributed by atoms with E-state index in [0.717, 1.165) is 42.9 Å². The smallest absolute Gasteiger partial charge is 0.410 e. The Morgan fingerprint density at radius 3 is 2.14 bits per heavy atom. The van der Waals surface area contributed by atoms with Crippen molar-refractivity contribution in [3.8, 4) is 0 Å². The van der Waals surface area contributed by atoms with Crippen LogP contribution in [0.15, 0.2) is 42.5 Å². The second kappa shape index (κ2) is 13.6. The Labute approximate surface area is 214 Å². The lowest BCUT2D eigenvalue weighted by Crippen LogP contribution is -2.50. The van der Waals surface area contributed by atoms with Gasteiger partial charge in [-0.25, -0.2) is 4.79 Å². The molecule has 0 aliphatic heterocycles. The van der Waals surface area contributed by atoms with E-state index in [-0.39, 0.29) is 18.0 Å². The molecule has 35 heavy (non-hydrogen) atoms. The number of hydrogen-bond acceptors (Lipinski definition) is 4. The minimum atomic E-state index is -1.55. The topological polar surface area (TPSA) is 59.0 Å². The van der Waals surface area contributed by atoms with Crippen molar-refractivity contribution in [1.29, 1.82) is 0 Å². The molecular formula is C29H49NO4Si.